The predicted octanol–water partition coefficient (Wildman–Crippen LogP) is 3.63. The summed E-state index contributed by atoms with van der Waals surface area (Å²) in [5, 5.41) is 4.51. The van der Waals surface area contributed by atoms with E-state index in [1.165, 1.54) is 22.7 Å². The molecule has 1 aromatic carbocycles. The third kappa shape index (κ3) is 3.66. The number of imidazole rings is 1. The summed E-state index contributed by atoms with van der Waals surface area (Å²) in [6.07, 6.45) is 0.635. The van der Waals surface area contributed by atoms with Crippen LogP contribution in [0.1, 0.15) is 24.3 Å². The third-order valence-electron chi connectivity index (χ3n) is 3.51. The summed E-state index contributed by atoms with van der Waals surface area (Å²) in [6.45, 7) is 3.80. The van der Waals surface area contributed by atoms with Crippen LogP contribution < -0.4 is 10.1 Å². The van der Waals surface area contributed by atoms with Gasteiger partial charge in [0.25, 0.3) is 5.91 Å². The molecule has 3 aromatic rings. The Hall–Kier alpha value is -2.58. The number of carbonyl (C=O) groups is 2. The molecule has 0 fully saturated rings. The van der Waals surface area contributed by atoms with Gasteiger partial charge in [0.15, 0.2) is 21.9 Å². The number of nitrogens with zero attached hydrogens (tertiary/aromatic N) is 2. The number of aromatic nitrogens is 2. The lowest BCUT2D eigenvalue weighted by molar-refractivity contribution is -0.123. The van der Waals surface area contributed by atoms with Gasteiger partial charge in [0.05, 0.1) is 12.3 Å². The van der Waals surface area contributed by atoms with Gasteiger partial charge in [-0.1, -0.05) is 23.7 Å². The number of rotatable bonds is 6. The number of benzene rings is 1. The molecule has 7 nitrogen and oxygen atoms in total. The molecule has 0 saturated heterocycles. The molecular formula is C17H16ClN3O4S. The molecule has 1 amide bonds. The molecule has 0 aliphatic rings. The summed E-state index contributed by atoms with van der Waals surface area (Å²) in [6, 6.07) is 7.03. The van der Waals surface area contributed by atoms with Crippen LogP contribution >= 0.6 is 22.9 Å². The summed E-state index contributed by atoms with van der Waals surface area (Å²) < 4.78 is 12.2. The zero-order chi connectivity index (χ0) is 18.7. The molecule has 0 spiro atoms. The Labute approximate surface area is 158 Å². The number of hydrogen-bond acceptors (Lipinski definition) is 6. The van der Waals surface area contributed by atoms with Crippen LogP contribution in [0, 0.1) is 0 Å². The van der Waals surface area contributed by atoms with Crippen LogP contribution in [0.4, 0.5) is 5.69 Å². The van der Waals surface area contributed by atoms with Crippen molar-refractivity contribution >= 4 is 45.5 Å². The summed E-state index contributed by atoms with van der Waals surface area (Å²) in [7, 11) is 0. The van der Waals surface area contributed by atoms with Gasteiger partial charge < -0.3 is 14.8 Å². The zero-order valence-electron chi connectivity index (χ0n) is 14.1. The highest BCUT2D eigenvalue weighted by Gasteiger charge is 2.25. The number of thiazole rings is 1. The van der Waals surface area contributed by atoms with Gasteiger partial charge in [0.2, 0.25) is 0 Å². The van der Waals surface area contributed by atoms with Gasteiger partial charge in [-0.3, -0.25) is 9.20 Å². The number of halogens is 1. The van der Waals surface area contributed by atoms with Crippen molar-refractivity contribution in [2.45, 2.75) is 20.0 Å². The maximum absolute atomic E-state index is 12.4. The Morgan fingerprint density at radius 3 is 2.92 bits per heavy atom. The minimum atomic E-state index is -1.03. The number of hydrogen-bond donors (Lipinski definition) is 1. The van der Waals surface area contributed by atoms with Gasteiger partial charge in [-0.2, -0.15) is 0 Å². The SMILES string of the molecule is CCOc1ccccc1NC(=O)[C@H](C)OC(=O)c1c(Cl)nc2sccn12. The molecule has 0 saturated carbocycles. The number of amides is 1. The number of fused-ring (bicyclic) bond motifs is 1. The second-order valence-corrected chi connectivity index (χ2v) is 6.50. The first-order valence-corrected chi connectivity index (χ1v) is 9.11. The fraction of sp³-hybridized carbons (Fsp3) is 0.235. The van der Waals surface area contributed by atoms with Crippen molar-refractivity contribution in [2.75, 3.05) is 11.9 Å². The maximum Gasteiger partial charge on any atom is 0.359 e. The monoisotopic (exact) mass is 393 g/mol. The van der Waals surface area contributed by atoms with Gasteiger partial charge in [0, 0.05) is 11.6 Å². The second-order valence-electron chi connectivity index (χ2n) is 5.27. The van der Waals surface area contributed by atoms with Gasteiger partial charge in [0.1, 0.15) is 5.75 Å². The normalized spacial score (nSPS) is 12.0. The average molecular weight is 394 g/mol. The molecule has 26 heavy (non-hydrogen) atoms. The van der Waals surface area contributed by atoms with Crippen molar-refractivity contribution in [3.05, 3.63) is 46.7 Å². The van der Waals surface area contributed by atoms with Crippen molar-refractivity contribution in [1.29, 1.82) is 0 Å². The van der Waals surface area contributed by atoms with E-state index in [0.29, 0.717) is 23.0 Å². The van der Waals surface area contributed by atoms with Crippen LogP contribution in [0.2, 0.25) is 5.15 Å². The fourth-order valence-electron chi connectivity index (χ4n) is 2.30. The van der Waals surface area contributed by atoms with E-state index in [2.05, 4.69) is 10.3 Å². The molecule has 2 aromatic heterocycles. The number of ether oxygens (including phenoxy) is 2. The molecule has 0 unspecified atom stereocenters. The van der Waals surface area contributed by atoms with Crippen molar-refractivity contribution < 1.29 is 19.1 Å². The van der Waals surface area contributed by atoms with Crippen molar-refractivity contribution in [3.8, 4) is 5.75 Å². The Kier molecular flexibility index (Phi) is 5.43. The molecule has 0 aliphatic carbocycles. The molecule has 2 heterocycles. The van der Waals surface area contributed by atoms with Gasteiger partial charge in [-0.05, 0) is 26.0 Å². The molecule has 9 heteroatoms. The summed E-state index contributed by atoms with van der Waals surface area (Å²) in [4.78, 5) is 29.4. The Morgan fingerprint density at radius 2 is 2.15 bits per heavy atom. The van der Waals surface area contributed by atoms with Gasteiger partial charge in [-0.25, -0.2) is 9.78 Å². The topological polar surface area (TPSA) is 81.9 Å². The molecule has 136 valence electrons. The first kappa shape index (κ1) is 18.2. The van der Waals surface area contributed by atoms with Crippen LogP contribution in [0.15, 0.2) is 35.8 Å². The van der Waals surface area contributed by atoms with Crippen LogP contribution in [0.3, 0.4) is 0 Å². The molecule has 0 radical (unpaired) electrons. The Bertz CT molecular complexity index is 953. The molecule has 0 bridgehead atoms. The lowest BCUT2D eigenvalue weighted by atomic mass is 10.2. The first-order valence-electron chi connectivity index (χ1n) is 7.86. The van der Waals surface area contributed by atoms with Crippen molar-refractivity contribution in [3.63, 3.8) is 0 Å². The summed E-state index contributed by atoms with van der Waals surface area (Å²) in [5.41, 5.74) is 0.599. The van der Waals surface area contributed by atoms with E-state index < -0.39 is 18.0 Å². The van der Waals surface area contributed by atoms with E-state index in [4.69, 9.17) is 21.1 Å². The van der Waals surface area contributed by atoms with Crippen LogP contribution in [-0.2, 0) is 9.53 Å². The highest BCUT2D eigenvalue weighted by Crippen LogP contribution is 2.25. The van der Waals surface area contributed by atoms with E-state index in [0.717, 1.165) is 0 Å². The van der Waals surface area contributed by atoms with E-state index in [1.807, 2.05) is 6.92 Å². The quantitative estimate of drug-likeness (QED) is 0.646. The van der Waals surface area contributed by atoms with E-state index in [1.54, 1.807) is 35.8 Å². The molecule has 3 rings (SSSR count). The second kappa shape index (κ2) is 7.76. The number of esters is 1. The summed E-state index contributed by atoms with van der Waals surface area (Å²) in [5.74, 6) is -0.657. The van der Waals surface area contributed by atoms with Crippen LogP contribution in [0.25, 0.3) is 4.96 Å². The summed E-state index contributed by atoms with van der Waals surface area (Å²) >= 11 is 7.35. The van der Waals surface area contributed by atoms with Crippen LogP contribution in [0.5, 0.6) is 5.75 Å². The largest absolute Gasteiger partial charge is 0.492 e. The fourth-order valence-corrected chi connectivity index (χ4v) is 3.31. The number of carbonyl (C=O) groups excluding carboxylic acids is 2. The molecule has 1 atom stereocenters. The maximum atomic E-state index is 12.4. The molecular weight excluding hydrogens is 378 g/mol. The van der Waals surface area contributed by atoms with Gasteiger partial charge >= 0.3 is 5.97 Å². The van der Waals surface area contributed by atoms with Gasteiger partial charge in [-0.15, -0.1) is 11.3 Å². The first-order chi connectivity index (χ1) is 12.5. The van der Waals surface area contributed by atoms with E-state index >= 15 is 0 Å². The van der Waals surface area contributed by atoms with E-state index in [-0.39, 0.29) is 10.8 Å². The van der Waals surface area contributed by atoms with E-state index in [9.17, 15) is 9.59 Å². The zero-order valence-corrected chi connectivity index (χ0v) is 15.6. The highest BCUT2D eigenvalue weighted by molar-refractivity contribution is 7.15. The van der Waals surface area contributed by atoms with Crippen LogP contribution in [-0.4, -0.2) is 34.0 Å². The average Bonchev–Trinajstić information content (AvgIpc) is 3.16. The minimum Gasteiger partial charge on any atom is -0.492 e. The smallest absolute Gasteiger partial charge is 0.359 e. The lowest BCUT2D eigenvalue weighted by Gasteiger charge is -2.15. The van der Waals surface area contributed by atoms with Crippen molar-refractivity contribution in [1.82, 2.24) is 9.38 Å². The Balaban J connectivity index is 1.70. The molecule has 0 aliphatic heterocycles. The number of nitrogens with one attached hydrogen (secondary N) is 1. The lowest BCUT2D eigenvalue weighted by Crippen LogP contribution is -2.30. The number of anilines is 1. The Morgan fingerprint density at radius 1 is 1.38 bits per heavy atom. The predicted molar refractivity (Wildman–Crippen MR) is 99.2 cm³/mol. The minimum absolute atomic E-state index is 0.0381. The third-order valence-corrected chi connectivity index (χ3v) is 4.53. The standard InChI is InChI=1S/C17H16ClN3O4S/c1-3-24-12-7-5-4-6-11(12)19-15(22)10(2)25-16(23)13-14(18)20-17-21(13)8-9-26-17/h4-10H,3H2,1-2H3,(H,19,22)/t10-/m0/s1. The highest BCUT2D eigenvalue weighted by atomic mass is 35.5. The number of para-hydroxylation sites is 2. The van der Waals surface area contributed by atoms with Crippen molar-refractivity contribution in [2.24, 2.45) is 0 Å². The molecule has 1 N–H and O–H groups in total.